The molecule has 1 aromatic rings. The van der Waals surface area contributed by atoms with Crippen LogP contribution in [0.3, 0.4) is 0 Å². The van der Waals surface area contributed by atoms with E-state index in [1.807, 2.05) is 12.1 Å². The number of ether oxygens (including phenoxy) is 1. The molecule has 0 amide bonds. The molecule has 0 unspecified atom stereocenters. The predicted octanol–water partition coefficient (Wildman–Crippen LogP) is 1.15. The number of benzene rings is 1. The number of aryl methyl sites for hydroxylation is 2. The molecule has 0 radical (unpaired) electrons. The number of sulfonamides is 1. The minimum Gasteiger partial charge on any atom is -0.364 e. The van der Waals surface area contributed by atoms with Crippen molar-refractivity contribution in [2.45, 2.75) is 24.2 Å². The molecule has 1 heterocycles. The molecule has 1 aliphatic carbocycles. The van der Waals surface area contributed by atoms with Gasteiger partial charge in [0.2, 0.25) is 10.0 Å². The summed E-state index contributed by atoms with van der Waals surface area (Å²) in [5.41, 5.74) is 2.48. The Morgan fingerprint density at radius 2 is 2.00 bits per heavy atom. The Labute approximate surface area is 101 Å². The van der Waals surface area contributed by atoms with Crippen molar-refractivity contribution in [2.24, 2.45) is 0 Å². The predicted molar refractivity (Wildman–Crippen MR) is 63.2 cm³/mol. The summed E-state index contributed by atoms with van der Waals surface area (Å²) in [6, 6.07) is 5.50. The minimum absolute atomic E-state index is 0.180. The number of hydrogen-bond donors (Lipinski definition) is 0. The summed E-state index contributed by atoms with van der Waals surface area (Å²) in [7, 11) is -3.35. The highest BCUT2D eigenvalue weighted by atomic mass is 32.2. The van der Waals surface area contributed by atoms with E-state index in [1.165, 1.54) is 15.4 Å². The second-order valence-corrected chi connectivity index (χ2v) is 6.44. The molecule has 0 N–H and O–H groups in total. The van der Waals surface area contributed by atoms with Crippen LogP contribution in [0.2, 0.25) is 0 Å². The van der Waals surface area contributed by atoms with Crippen molar-refractivity contribution in [1.29, 1.82) is 0 Å². The average molecular weight is 253 g/mol. The SMILES string of the molecule is O=S(=O)(c1ccc2c(c1)CCC2)N1CCOC1. The van der Waals surface area contributed by atoms with E-state index in [9.17, 15) is 8.42 Å². The normalized spacial score (nSPS) is 20.7. The van der Waals surface area contributed by atoms with Crippen molar-refractivity contribution in [3.8, 4) is 0 Å². The smallest absolute Gasteiger partial charge is 0.245 e. The lowest BCUT2D eigenvalue weighted by Crippen LogP contribution is -2.28. The van der Waals surface area contributed by atoms with Crippen molar-refractivity contribution in [2.75, 3.05) is 19.9 Å². The standard InChI is InChI=1S/C12H15NO3S/c14-17(15,13-6-7-16-9-13)12-5-4-10-2-1-3-11(10)8-12/h4-5,8H,1-3,6-7,9H2. The summed E-state index contributed by atoms with van der Waals surface area (Å²) in [6.45, 7) is 1.13. The van der Waals surface area contributed by atoms with E-state index in [1.54, 1.807) is 6.07 Å². The highest BCUT2D eigenvalue weighted by molar-refractivity contribution is 7.89. The Morgan fingerprint density at radius 3 is 2.76 bits per heavy atom. The molecule has 0 bridgehead atoms. The van der Waals surface area contributed by atoms with Gasteiger partial charge in [-0.25, -0.2) is 8.42 Å². The van der Waals surface area contributed by atoms with Crippen LogP contribution < -0.4 is 0 Å². The fraction of sp³-hybridized carbons (Fsp3) is 0.500. The molecule has 0 atom stereocenters. The van der Waals surface area contributed by atoms with Crippen LogP contribution in [-0.2, 0) is 27.6 Å². The molecule has 4 nitrogen and oxygen atoms in total. The van der Waals surface area contributed by atoms with Crippen LogP contribution in [0.1, 0.15) is 17.5 Å². The topological polar surface area (TPSA) is 46.6 Å². The Hall–Kier alpha value is -0.910. The molecule has 5 heteroatoms. The molecule has 3 rings (SSSR count). The van der Waals surface area contributed by atoms with E-state index in [4.69, 9.17) is 4.74 Å². The fourth-order valence-electron chi connectivity index (χ4n) is 2.44. The maximum absolute atomic E-state index is 12.3. The average Bonchev–Trinajstić information content (AvgIpc) is 2.99. The van der Waals surface area contributed by atoms with Crippen LogP contribution in [0.25, 0.3) is 0 Å². The molecule has 1 fully saturated rings. The zero-order chi connectivity index (χ0) is 11.9. The first-order chi connectivity index (χ1) is 8.18. The van der Waals surface area contributed by atoms with E-state index in [2.05, 4.69) is 0 Å². The van der Waals surface area contributed by atoms with Gasteiger partial charge in [-0.1, -0.05) is 6.07 Å². The fourth-order valence-corrected chi connectivity index (χ4v) is 3.80. The quantitative estimate of drug-likeness (QED) is 0.794. The Bertz CT molecular complexity index is 533. The van der Waals surface area contributed by atoms with E-state index in [0.717, 1.165) is 19.3 Å². The first-order valence-corrected chi connectivity index (χ1v) is 7.32. The summed E-state index contributed by atoms with van der Waals surface area (Å²) in [6.07, 6.45) is 3.20. The van der Waals surface area contributed by atoms with Gasteiger partial charge in [0.1, 0.15) is 6.73 Å². The molecule has 0 saturated carbocycles. The first kappa shape index (κ1) is 11.2. The van der Waals surface area contributed by atoms with Gasteiger partial charge in [-0.3, -0.25) is 0 Å². The lowest BCUT2D eigenvalue weighted by molar-refractivity contribution is 0.172. The summed E-state index contributed by atoms with van der Waals surface area (Å²) in [4.78, 5) is 0.406. The van der Waals surface area contributed by atoms with Crippen molar-refractivity contribution in [3.63, 3.8) is 0 Å². The lowest BCUT2D eigenvalue weighted by Gasteiger charge is -2.14. The van der Waals surface area contributed by atoms with Crippen molar-refractivity contribution < 1.29 is 13.2 Å². The molecule has 17 heavy (non-hydrogen) atoms. The van der Waals surface area contributed by atoms with Crippen molar-refractivity contribution in [1.82, 2.24) is 4.31 Å². The molecule has 0 aromatic heterocycles. The van der Waals surface area contributed by atoms with Gasteiger partial charge in [0.15, 0.2) is 0 Å². The van der Waals surface area contributed by atoms with Crippen molar-refractivity contribution in [3.05, 3.63) is 29.3 Å². The molecular weight excluding hydrogens is 238 g/mol. The number of nitrogens with zero attached hydrogens (tertiary/aromatic N) is 1. The molecule has 1 aliphatic heterocycles. The van der Waals surface area contributed by atoms with E-state index in [0.29, 0.717) is 18.0 Å². The number of fused-ring (bicyclic) bond motifs is 1. The monoisotopic (exact) mass is 253 g/mol. The van der Waals surface area contributed by atoms with E-state index in [-0.39, 0.29) is 6.73 Å². The summed E-state index contributed by atoms with van der Waals surface area (Å²) in [5.74, 6) is 0. The van der Waals surface area contributed by atoms with E-state index >= 15 is 0 Å². The van der Waals surface area contributed by atoms with Crippen LogP contribution in [-0.4, -0.2) is 32.6 Å². The molecule has 2 aliphatic rings. The largest absolute Gasteiger partial charge is 0.364 e. The Kier molecular flexibility index (Phi) is 2.69. The molecule has 92 valence electrons. The molecular formula is C12H15NO3S. The maximum Gasteiger partial charge on any atom is 0.245 e. The lowest BCUT2D eigenvalue weighted by atomic mass is 10.1. The summed E-state index contributed by atoms with van der Waals surface area (Å²) in [5, 5.41) is 0. The Morgan fingerprint density at radius 1 is 1.18 bits per heavy atom. The Balaban J connectivity index is 1.98. The third-order valence-corrected chi connectivity index (χ3v) is 5.25. The van der Waals surface area contributed by atoms with Crippen LogP contribution in [0, 0.1) is 0 Å². The van der Waals surface area contributed by atoms with Gasteiger partial charge in [0.25, 0.3) is 0 Å². The number of rotatable bonds is 2. The van der Waals surface area contributed by atoms with Gasteiger partial charge in [-0.2, -0.15) is 4.31 Å². The maximum atomic E-state index is 12.3. The van der Waals surface area contributed by atoms with Gasteiger partial charge in [0.05, 0.1) is 11.5 Å². The van der Waals surface area contributed by atoms with Crippen LogP contribution >= 0.6 is 0 Å². The van der Waals surface area contributed by atoms with Crippen LogP contribution in [0.5, 0.6) is 0 Å². The summed E-state index contributed by atoms with van der Waals surface area (Å²) >= 11 is 0. The number of hydrogen-bond acceptors (Lipinski definition) is 3. The second kappa shape index (κ2) is 4.08. The highest BCUT2D eigenvalue weighted by Crippen LogP contribution is 2.26. The van der Waals surface area contributed by atoms with Gasteiger partial charge >= 0.3 is 0 Å². The highest BCUT2D eigenvalue weighted by Gasteiger charge is 2.28. The van der Waals surface area contributed by atoms with Gasteiger partial charge in [-0.05, 0) is 42.5 Å². The first-order valence-electron chi connectivity index (χ1n) is 5.87. The van der Waals surface area contributed by atoms with Gasteiger partial charge < -0.3 is 4.74 Å². The molecule has 1 aromatic carbocycles. The third-order valence-electron chi connectivity index (χ3n) is 3.43. The van der Waals surface area contributed by atoms with Crippen molar-refractivity contribution >= 4 is 10.0 Å². The zero-order valence-corrected chi connectivity index (χ0v) is 10.4. The van der Waals surface area contributed by atoms with Gasteiger partial charge in [-0.15, -0.1) is 0 Å². The zero-order valence-electron chi connectivity index (χ0n) is 9.55. The minimum atomic E-state index is -3.35. The molecule has 1 saturated heterocycles. The second-order valence-electron chi connectivity index (χ2n) is 4.50. The summed E-state index contributed by atoms with van der Waals surface area (Å²) < 4.78 is 31.1. The van der Waals surface area contributed by atoms with Crippen LogP contribution in [0.4, 0.5) is 0 Å². The van der Waals surface area contributed by atoms with Gasteiger partial charge in [0, 0.05) is 6.54 Å². The molecule has 0 spiro atoms. The van der Waals surface area contributed by atoms with Crippen LogP contribution in [0.15, 0.2) is 23.1 Å². The third kappa shape index (κ3) is 1.88. The van der Waals surface area contributed by atoms with E-state index < -0.39 is 10.0 Å².